The Bertz CT molecular complexity index is 687. The molecule has 0 fully saturated rings. The highest BCUT2D eigenvalue weighted by atomic mass is 16.6. The zero-order valence-corrected chi connectivity index (χ0v) is 11.5. The normalized spacial score (nSPS) is 22.8. The van der Waals surface area contributed by atoms with E-state index in [9.17, 15) is 0 Å². The summed E-state index contributed by atoms with van der Waals surface area (Å²) in [6.45, 7) is 3.48. The number of nitrogens with zero attached hydrogens (tertiary/aromatic N) is 1. The predicted molar refractivity (Wildman–Crippen MR) is 79.1 cm³/mol. The molecular formula is C17H17NO2. The van der Waals surface area contributed by atoms with E-state index in [1.165, 1.54) is 21.9 Å². The fourth-order valence-corrected chi connectivity index (χ4v) is 3.41. The van der Waals surface area contributed by atoms with E-state index in [0.717, 1.165) is 18.7 Å². The maximum Gasteiger partial charge on any atom is 0.165 e. The van der Waals surface area contributed by atoms with Crippen LogP contribution < -0.4 is 0 Å². The van der Waals surface area contributed by atoms with Gasteiger partial charge in [-0.05, 0) is 23.3 Å². The number of fused-ring (bicyclic) bond motifs is 3. The van der Waals surface area contributed by atoms with Crippen molar-refractivity contribution < 1.29 is 9.57 Å². The summed E-state index contributed by atoms with van der Waals surface area (Å²) >= 11 is 0. The lowest BCUT2D eigenvalue weighted by Gasteiger charge is -2.11. The molecule has 102 valence electrons. The lowest BCUT2D eigenvalue weighted by molar-refractivity contribution is 0.0808. The van der Waals surface area contributed by atoms with Gasteiger partial charge in [0.25, 0.3) is 0 Å². The minimum absolute atomic E-state index is 0.0627. The van der Waals surface area contributed by atoms with E-state index in [1.807, 2.05) is 6.92 Å². The number of oxime groups is 1. The Kier molecular flexibility index (Phi) is 2.74. The molecule has 2 aliphatic rings. The molecule has 4 rings (SSSR count). The highest BCUT2D eigenvalue weighted by molar-refractivity contribution is 6.02. The Balaban J connectivity index is 1.74. The van der Waals surface area contributed by atoms with Gasteiger partial charge in [0.05, 0.1) is 18.2 Å². The Morgan fingerprint density at radius 3 is 2.75 bits per heavy atom. The Morgan fingerprint density at radius 1 is 1.15 bits per heavy atom. The molecule has 20 heavy (non-hydrogen) atoms. The van der Waals surface area contributed by atoms with Crippen LogP contribution >= 0.6 is 0 Å². The molecule has 0 saturated heterocycles. The summed E-state index contributed by atoms with van der Waals surface area (Å²) in [4.78, 5) is 5.73. The Labute approximate surface area is 118 Å². The third-order valence-corrected chi connectivity index (χ3v) is 4.26. The molecule has 2 unspecified atom stereocenters. The van der Waals surface area contributed by atoms with Crippen molar-refractivity contribution in [3.8, 4) is 0 Å². The molecule has 0 radical (unpaired) electrons. The van der Waals surface area contributed by atoms with E-state index in [-0.39, 0.29) is 12.0 Å². The second-order valence-electron chi connectivity index (χ2n) is 5.33. The lowest BCUT2D eigenvalue weighted by Crippen LogP contribution is -2.13. The molecule has 2 aromatic rings. The molecular weight excluding hydrogens is 250 g/mol. The van der Waals surface area contributed by atoms with E-state index in [2.05, 4.69) is 41.6 Å². The SMILES string of the molecule is CCOCCC1=NOC2c3cccc4cccc(c34)C12. The highest BCUT2D eigenvalue weighted by Crippen LogP contribution is 2.51. The minimum atomic E-state index is 0.0627. The molecule has 0 N–H and O–H groups in total. The average molecular weight is 267 g/mol. The van der Waals surface area contributed by atoms with Crippen molar-refractivity contribution in [2.24, 2.45) is 5.16 Å². The van der Waals surface area contributed by atoms with Crippen molar-refractivity contribution in [2.45, 2.75) is 25.4 Å². The van der Waals surface area contributed by atoms with E-state index >= 15 is 0 Å². The van der Waals surface area contributed by atoms with Crippen molar-refractivity contribution >= 4 is 16.5 Å². The van der Waals surface area contributed by atoms with Crippen LogP contribution in [0.25, 0.3) is 10.8 Å². The summed E-state index contributed by atoms with van der Waals surface area (Å²) in [6, 6.07) is 12.9. The topological polar surface area (TPSA) is 30.8 Å². The van der Waals surface area contributed by atoms with E-state index < -0.39 is 0 Å². The maximum absolute atomic E-state index is 5.73. The van der Waals surface area contributed by atoms with Gasteiger partial charge in [0, 0.05) is 18.6 Å². The first-order valence-electron chi connectivity index (χ1n) is 7.22. The molecule has 0 aromatic heterocycles. The van der Waals surface area contributed by atoms with Gasteiger partial charge in [0.2, 0.25) is 0 Å². The zero-order chi connectivity index (χ0) is 13.5. The van der Waals surface area contributed by atoms with Crippen LogP contribution in [0.3, 0.4) is 0 Å². The molecule has 1 aliphatic heterocycles. The summed E-state index contributed by atoms with van der Waals surface area (Å²) in [6.07, 6.45) is 0.909. The summed E-state index contributed by atoms with van der Waals surface area (Å²) in [5.41, 5.74) is 3.75. The van der Waals surface area contributed by atoms with Crippen LogP contribution in [0, 0.1) is 0 Å². The number of benzene rings is 2. The van der Waals surface area contributed by atoms with Crippen LogP contribution in [-0.2, 0) is 9.57 Å². The van der Waals surface area contributed by atoms with Crippen LogP contribution in [0.15, 0.2) is 41.6 Å². The van der Waals surface area contributed by atoms with Gasteiger partial charge < -0.3 is 9.57 Å². The molecule has 2 aromatic carbocycles. The van der Waals surface area contributed by atoms with Gasteiger partial charge in [-0.15, -0.1) is 0 Å². The summed E-state index contributed by atoms with van der Waals surface area (Å²) in [5, 5.41) is 6.96. The lowest BCUT2D eigenvalue weighted by atomic mass is 9.92. The fourth-order valence-electron chi connectivity index (χ4n) is 3.41. The van der Waals surface area contributed by atoms with Crippen LogP contribution in [0.4, 0.5) is 0 Å². The molecule has 3 heteroatoms. The highest BCUT2D eigenvalue weighted by Gasteiger charge is 2.42. The first-order valence-corrected chi connectivity index (χ1v) is 7.22. The van der Waals surface area contributed by atoms with Gasteiger partial charge in [-0.3, -0.25) is 0 Å². The average Bonchev–Trinajstić information content (AvgIpc) is 3.02. The molecule has 0 spiro atoms. The standard InChI is InChI=1S/C17H17NO2/c1-2-19-10-9-14-16-12-7-3-5-11-6-4-8-13(15(11)12)17(16)20-18-14/h3-8,16-17H,2,9-10H2,1H3. The molecule has 0 amide bonds. The number of hydrogen-bond acceptors (Lipinski definition) is 3. The third-order valence-electron chi connectivity index (χ3n) is 4.26. The van der Waals surface area contributed by atoms with Crippen LogP contribution in [-0.4, -0.2) is 18.9 Å². The summed E-state index contributed by atoms with van der Waals surface area (Å²) < 4.78 is 5.46. The van der Waals surface area contributed by atoms with Gasteiger partial charge >= 0.3 is 0 Å². The van der Waals surface area contributed by atoms with Gasteiger partial charge in [-0.1, -0.05) is 41.6 Å². The third kappa shape index (κ3) is 1.59. The molecule has 3 nitrogen and oxygen atoms in total. The van der Waals surface area contributed by atoms with E-state index in [1.54, 1.807) is 0 Å². The molecule has 2 atom stereocenters. The minimum Gasteiger partial charge on any atom is -0.387 e. The Hall–Kier alpha value is -1.87. The van der Waals surface area contributed by atoms with Crippen LogP contribution in [0.2, 0.25) is 0 Å². The second-order valence-corrected chi connectivity index (χ2v) is 5.33. The smallest absolute Gasteiger partial charge is 0.165 e. The first kappa shape index (κ1) is 11.9. The number of hydrogen-bond donors (Lipinski definition) is 0. The van der Waals surface area contributed by atoms with E-state index in [4.69, 9.17) is 9.57 Å². The van der Waals surface area contributed by atoms with Crippen LogP contribution in [0.1, 0.15) is 36.5 Å². The summed E-state index contributed by atoms with van der Waals surface area (Å²) in [7, 11) is 0. The molecule has 0 saturated carbocycles. The predicted octanol–water partition coefficient (Wildman–Crippen LogP) is 3.79. The summed E-state index contributed by atoms with van der Waals surface area (Å²) in [5.74, 6) is 0.275. The molecule has 0 bridgehead atoms. The second kappa shape index (κ2) is 4.60. The zero-order valence-electron chi connectivity index (χ0n) is 11.5. The van der Waals surface area contributed by atoms with E-state index in [0.29, 0.717) is 6.61 Å². The number of ether oxygens (including phenoxy) is 1. The van der Waals surface area contributed by atoms with Gasteiger partial charge in [0.15, 0.2) is 6.10 Å². The van der Waals surface area contributed by atoms with Crippen LogP contribution in [0.5, 0.6) is 0 Å². The van der Waals surface area contributed by atoms with Crippen molar-refractivity contribution in [3.63, 3.8) is 0 Å². The number of rotatable bonds is 4. The largest absolute Gasteiger partial charge is 0.387 e. The maximum atomic E-state index is 5.73. The molecule has 1 heterocycles. The van der Waals surface area contributed by atoms with Gasteiger partial charge in [-0.2, -0.15) is 0 Å². The first-order chi connectivity index (χ1) is 9.90. The van der Waals surface area contributed by atoms with Crippen molar-refractivity contribution in [1.82, 2.24) is 0 Å². The fraction of sp³-hybridized carbons (Fsp3) is 0.353. The molecule has 1 aliphatic carbocycles. The van der Waals surface area contributed by atoms with Gasteiger partial charge in [0.1, 0.15) is 0 Å². The van der Waals surface area contributed by atoms with Gasteiger partial charge in [-0.25, -0.2) is 0 Å². The monoisotopic (exact) mass is 267 g/mol. The Morgan fingerprint density at radius 2 is 1.95 bits per heavy atom. The van der Waals surface area contributed by atoms with Crippen molar-refractivity contribution in [2.75, 3.05) is 13.2 Å². The van der Waals surface area contributed by atoms with Crippen molar-refractivity contribution in [1.29, 1.82) is 0 Å². The van der Waals surface area contributed by atoms with Crippen molar-refractivity contribution in [3.05, 3.63) is 47.5 Å². The quantitative estimate of drug-likeness (QED) is 0.789.